The van der Waals surface area contributed by atoms with Gasteiger partial charge in [-0.25, -0.2) is 0 Å². The van der Waals surface area contributed by atoms with Gasteiger partial charge in [-0.15, -0.1) is 0 Å². The molecule has 1 atom stereocenters. The first-order valence-corrected chi connectivity index (χ1v) is 6.71. The average molecular weight is 242 g/mol. The van der Waals surface area contributed by atoms with Crippen molar-refractivity contribution in [2.24, 2.45) is 11.8 Å². The summed E-state index contributed by atoms with van der Waals surface area (Å²) in [5.74, 6) is 0.989. The van der Waals surface area contributed by atoms with Gasteiger partial charge in [-0.05, 0) is 31.3 Å². The number of rotatable bonds is 9. The van der Waals surface area contributed by atoms with E-state index < -0.39 is 5.79 Å². The lowest BCUT2D eigenvalue weighted by Gasteiger charge is -2.22. The molecule has 0 aliphatic rings. The molecule has 0 aromatic carbocycles. The smallest absolute Gasteiger partial charge is 0.184 e. The predicted molar refractivity (Wildman–Crippen MR) is 74.0 cm³/mol. The Balaban J connectivity index is 3.82. The highest BCUT2D eigenvalue weighted by atomic mass is 16.7. The molecule has 1 unspecified atom stereocenters. The van der Waals surface area contributed by atoms with Gasteiger partial charge in [0.05, 0.1) is 0 Å². The Morgan fingerprint density at radius 1 is 1.06 bits per heavy atom. The van der Waals surface area contributed by atoms with Gasteiger partial charge in [0.1, 0.15) is 0 Å². The highest BCUT2D eigenvalue weighted by molar-refractivity contribution is 4.94. The van der Waals surface area contributed by atoms with Crippen molar-refractivity contribution in [3.63, 3.8) is 0 Å². The summed E-state index contributed by atoms with van der Waals surface area (Å²) >= 11 is 0. The van der Waals surface area contributed by atoms with Gasteiger partial charge in [-0.3, -0.25) is 0 Å². The predicted octanol–water partition coefficient (Wildman–Crippen LogP) is 4.40. The van der Waals surface area contributed by atoms with E-state index in [-0.39, 0.29) is 0 Å². The zero-order valence-corrected chi connectivity index (χ0v) is 12.5. The molecule has 102 valence electrons. The minimum absolute atomic E-state index is 0.572. The molecule has 0 heterocycles. The van der Waals surface area contributed by atoms with Gasteiger partial charge in [0.2, 0.25) is 0 Å². The van der Waals surface area contributed by atoms with E-state index >= 15 is 0 Å². The third kappa shape index (κ3) is 8.39. The zero-order chi connectivity index (χ0) is 13.3. The van der Waals surface area contributed by atoms with Crippen molar-refractivity contribution in [2.45, 2.75) is 59.2 Å². The second-order valence-electron chi connectivity index (χ2n) is 5.49. The van der Waals surface area contributed by atoms with Gasteiger partial charge in [-0.1, -0.05) is 46.1 Å². The van der Waals surface area contributed by atoms with Crippen molar-refractivity contribution < 1.29 is 9.47 Å². The standard InChI is InChI=1S/C15H30O2/c1-13(2)9-7-10-14(3)11-8-12-15(4,16-5)17-6/h8,12-14H,7,9-11H2,1-6H3/b12-8+. The van der Waals surface area contributed by atoms with Crippen LogP contribution in [0.15, 0.2) is 12.2 Å². The topological polar surface area (TPSA) is 18.5 Å². The lowest BCUT2D eigenvalue weighted by Crippen LogP contribution is -2.26. The molecule has 0 fully saturated rings. The third-order valence-corrected chi connectivity index (χ3v) is 3.25. The van der Waals surface area contributed by atoms with Gasteiger partial charge in [-0.2, -0.15) is 0 Å². The van der Waals surface area contributed by atoms with Crippen molar-refractivity contribution in [1.29, 1.82) is 0 Å². The molecule has 0 bridgehead atoms. The van der Waals surface area contributed by atoms with E-state index in [4.69, 9.17) is 9.47 Å². The summed E-state index contributed by atoms with van der Waals surface area (Å²) in [6, 6.07) is 0. The first kappa shape index (κ1) is 16.7. The van der Waals surface area contributed by atoms with Crippen molar-refractivity contribution in [2.75, 3.05) is 14.2 Å². The van der Waals surface area contributed by atoms with Crippen LogP contribution in [0.5, 0.6) is 0 Å². The fourth-order valence-electron chi connectivity index (χ4n) is 1.73. The lowest BCUT2D eigenvalue weighted by molar-refractivity contribution is -0.156. The summed E-state index contributed by atoms with van der Waals surface area (Å²) in [4.78, 5) is 0. The molecule has 17 heavy (non-hydrogen) atoms. The lowest BCUT2D eigenvalue weighted by atomic mass is 9.97. The van der Waals surface area contributed by atoms with Gasteiger partial charge < -0.3 is 9.47 Å². The van der Waals surface area contributed by atoms with Crippen LogP contribution in [0.4, 0.5) is 0 Å². The Labute approximate surface area is 107 Å². The molecule has 2 nitrogen and oxygen atoms in total. The Bertz CT molecular complexity index is 205. The van der Waals surface area contributed by atoms with Crippen LogP contribution in [0.1, 0.15) is 53.4 Å². The highest BCUT2D eigenvalue weighted by Gasteiger charge is 2.17. The van der Waals surface area contributed by atoms with Crippen LogP contribution in [0.3, 0.4) is 0 Å². The first-order chi connectivity index (χ1) is 7.93. The Morgan fingerprint density at radius 3 is 2.12 bits per heavy atom. The Morgan fingerprint density at radius 2 is 1.65 bits per heavy atom. The summed E-state index contributed by atoms with van der Waals surface area (Å²) < 4.78 is 10.5. The molecule has 0 rings (SSSR count). The quantitative estimate of drug-likeness (QED) is 0.440. The zero-order valence-electron chi connectivity index (χ0n) is 12.5. The van der Waals surface area contributed by atoms with E-state index in [9.17, 15) is 0 Å². The Hall–Kier alpha value is -0.340. The molecule has 2 heteroatoms. The van der Waals surface area contributed by atoms with Gasteiger partial charge in [0, 0.05) is 14.2 Å². The van der Waals surface area contributed by atoms with Gasteiger partial charge in [0.25, 0.3) is 0 Å². The van der Waals surface area contributed by atoms with Crippen LogP contribution in [0.25, 0.3) is 0 Å². The monoisotopic (exact) mass is 242 g/mol. The van der Waals surface area contributed by atoms with Crippen LogP contribution in [-0.4, -0.2) is 20.0 Å². The Kier molecular flexibility index (Phi) is 8.53. The van der Waals surface area contributed by atoms with E-state index in [0.717, 1.165) is 18.3 Å². The molecule has 0 aromatic heterocycles. The van der Waals surface area contributed by atoms with Crippen molar-refractivity contribution in [1.82, 2.24) is 0 Å². The summed E-state index contributed by atoms with van der Waals surface area (Å²) in [5, 5.41) is 0. The molecule has 0 saturated heterocycles. The molecule has 0 spiro atoms. The molecule has 0 amide bonds. The van der Waals surface area contributed by atoms with E-state index in [0.29, 0.717) is 0 Å². The summed E-state index contributed by atoms with van der Waals surface area (Å²) in [6.07, 6.45) is 9.25. The molecular formula is C15H30O2. The van der Waals surface area contributed by atoms with Crippen LogP contribution in [0.2, 0.25) is 0 Å². The molecular weight excluding hydrogens is 212 g/mol. The number of methoxy groups -OCH3 is 2. The first-order valence-electron chi connectivity index (χ1n) is 6.71. The minimum atomic E-state index is -0.572. The van der Waals surface area contributed by atoms with E-state index in [1.165, 1.54) is 19.3 Å². The van der Waals surface area contributed by atoms with Gasteiger partial charge in [0.15, 0.2) is 5.79 Å². The van der Waals surface area contributed by atoms with Crippen LogP contribution in [0, 0.1) is 11.8 Å². The van der Waals surface area contributed by atoms with E-state index in [1.54, 1.807) is 14.2 Å². The second kappa shape index (κ2) is 8.71. The molecule has 0 aliphatic carbocycles. The van der Waals surface area contributed by atoms with E-state index in [1.807, 2.05) is 13.0 Å². The molecule has 0 N–H and O–H groups in total. The maximum Gasteiger partial charge on any atom is 0.184 e. The average Bonchev–Trinajstić information content (AvgIpc) is 2.28. The normalized spacial score (nSPS) is 14.8. The summed E-state index contributed by atoms with van der Waals surface area (Å²) in [5.41, 5.74) is 0. The summed E-state index contributed by atoms with van der Waals surface area (Å²) in [7, 11) is 3.33. The van der Waals surface area contributed by atoms with Crippen molar-refractivity contribution >= 4 is 0 Å². The number of hydrogen-bond acceptors (Lipinski definition) is 2. The maximum absolute atomic E-state index is 5.27. The van der Waals surface area contributed by atoms with Crippen LogP contribution < -0.4 is 0 Å². The number of ether oxygens (including phenoxy) is 2. The summed E-state index contributed by atoms with van der Waals surface area (Å²) in [6.45, 7) is 8.80. The molecule has 0 saturated carbocycles. The fourth-order valence-corrected chi connectivity index (χ4v) is 1.73. The number of hydrogen-bond donors (Lipinski definition) is 0. The molecule has 0 aromatic rings. The molecule has 0 aliphatic heterocycles. The maximum atomic E-state index is 5.27. The third-order valence-electron chi connectivity index (χ3n) is 3.25. The highest BCUT2D eigenvalue weighted by Crippen LogP contribution is 2.17. The van der Waals surface area contributed by atoms with Crippen molar-refractivity contribution in [3.05, 3.63) is 12.2 Å². The van der Waals surface area contributed by atoms with E-state index in [2.05, 4.69) is 26.8 Å². The molecule has 0 radical (unpaired) electrons. The largest absolute Gasteiger partial charge is 0.350 e. The SMILES string of the molecule is COC(C)(/C=C/CC(C)CCCC(C)C)OC. The van der Waals surface area contributed by atoms with Crippen LogP contribution >= 0.6 is 0 Å². The minimum Gasteiger partial charge on any atom is -0.350 e. The van der Waals surface area contributed by atoms with Crippen LogP contribution in [-0.2, 0) is 9.47 Å². The van der Waals surface area contributed by atoms with Gasteiger partial charge >= 0.3 is 0 Å². The fraction of sp³-hybridized carbons (Fsp3) is 0.867. The second-order valence-corrected chi connectivity index (χ2v) is 5.49. The van der Waals surface area contributed by atoms with Crippen molar-refractivity contribution in [3.8, 4) is 0 Å². The number of allylic oxidation sites excluding steroid dienone is 1.